The van der Waals surface area contributed by atoms with Crippen LogP contribution in [0.2, 0.25) is 5.02 Å². The largest absolute Gasteiger partial charge is 0.368 e. The average molecular weight is 551 g/mol. The lowest BCUT2D eigenvalue weighted by molar-refractivity contribution is -0.132. The summed E-state index contributed by atoms with van der Waals surface area (Å²) in [6.45, 7) is 5.42. The number of fused-ring (bicyclic) bond motifs is 1. The molecule has 5 rings (SSSR count). The Hall–Kier alpha value is -2.89. The van der Waals surface area contributed by atoms with Gasteiger partial charge in [-0.3, -0.25) is 9.52 Å². The number of rotatable bonds is 6. The molecule has 36 heavy (non-hydrogen) atoms. The molecule has 0 aliphatic carbocycles. The van der Waals surface area contributed by atoms with Crippen LogP contribution < -0.4 is 14.5 Å². The van der Waals surface area contributed by atoms with Crippen molar-refractivity contribution in [3.05, 3.63) is 59.4 Å². The molecule has 0 unspecified atom stereocenters. The fraction of sp³-hybridized carbons (Fsp3) is 0.375. The molecule has 9 nitrogen and oxygen atoms in total. The lowest BCUT2D eigenvalue weighted by atomic mass is 10.00. The summed E-state index contributed by atoms with van der Waals surface area (Å²) >= 11 is 7.16. The monoisotopic (exact) mass is 550 g/mol. The van der Waals surface area contributed by atoms with E-state index >= 15 is 0 Å². The maximum Gasteiger partial charge on any atom is 0.263 e. The number of hydrogen-bond donors (Lipinski definition) is 1. The fourth-order valence-corrected chi connectivity index (χ4v) is 6.66. The van der Waals surface area contributed by atoms with Gasteiger partial charge >= 0.3 is 0 Å². The number of nitrogens with one attached hydrogen (secondary N) is 1. The molecular weight excluding hydrogens is 520 g/mol. The second-order valence-electron chi connectivity index (χ2n) is 8.90. The van der Waals surface area contributed by atoms with Crippen molar-refractivity contribution in [2.75, 3.05) is 47.2 Å². The minimum absolute atomic E-state index is 0. The standard InChI is InChI=1S/C24H27ClN6O3S2.2H2/c1-17(31-10-2-3-18-15-19(25)4-9-22(18)31)23(32)30-13-11-29(12-14-30)20-5-7-21(8-6-20)36(33,34)28-24-26-16-27-35-24;;/h4-9,15-17H,2-3,10-14H2,1H3,(H,26,27,28);2*1H/t17-;;/m0../s1. The number of aromatic nitrogens is 2. The summed E-state index contributed by atoms with van der Waals surface area (Å²) in [5.74, 6) is 0.127. The quantitative estimate of drug-likeness (QED) is 0.495. The van der Waals surface area contributed by atoms with E-state index in [1.165, 1.54) is 11.9 Å². The van der Waals surface area contributed by atoms with Crippen LogP contribution in [0.15, 0.2) is 53.7 Å². The first-order valence-corrected chi connectivity index (χ1v) is 14.4. The molecule has 0 spiro atoms. The zero-order chi connectivity index (χ0) is 25.3. The number of amides is 1. The number of benzene rings is 2. The molecule has 2 aliphatic heterocycles. The molecule has 1 aromatic heterocycles. The molecule has 1 fully saturated rings. The fourth-order valence-electron chi connectivity index (χ4n) is 4.81. The van der Waals surface area contributed by atoms with Gasteiger partial charge in [-0.2, -0.15) is 4.37 Å². The third-order valence-corrected chi connectivity index (χ3v) is 9.01. The van der Waals surface area contributed by atoms with E-state index in [9.17, 15) is 13.2 Å². The lowest BCUT2D eigenvalue weighted by Gasteiger charge is -2.41. The summed E-state index contributed by atoms with van der Waals surface area (Å²) in [6, 6.07) is 12.4. The van der Waals surface area contributed by atoms with E-state index in [2.05, 4.69) is 23.9 Å². The molecule has 1 saturated heterocycles. The molecule has 0 bridgehead atoms. The van der Waals surface area contributed by atoms with E-state index in [1.54, 1.807) is 24.3 Å². The van der Waals surface area contributed by atoms with Crippen molar-refractivity contribution in [3.8, 4) is 0 Å². The van der Waals surface area contributed by atoms with E-state index < -0.39 is 10.0 Å². The average Bonchev–Trinajstić information content (AvgIpc) is 3.40. The highest BCUT2D eigenvalue weighted by atomic mass is 35.5. The van der Waals surface area contributed by atoms with E-state index in [0.29, 0.717) is 26.2 Å². The van der Waals surface area contributed by atoms with E-state index in [-0.39, 0.29) is 24.8 Å². The van der Waals surface area contributed by atoms with Crippen LogP contribution in [0.25, 0.3) is 0 Å². The number of anilines is 3. The van der Waals surface area contributed by atoms with Crippen molar-refractivity contribution in [3.63, 3.8) is 0 Å². The molecular formula is C24H31ClN6O3S2. The van der Waals surface area contributed by atoms with Gasteiger partial charge in [0.15, 0.2) is 0 Å². The number of carbonyl (C=O) groups is 1. The molecule has 1 N–H and O–H groups in total. The van der Waals surface area contributed by atoms with Crippen LogP contribution in [0, 0.1) is 0 Å². The molecule has 194 valence electrons. The maximum absolute atomic E-state index is 13.4. The number of aryl methyl sites for hydroxylation is 1. The predicted molar refractivity (Wildman–Crippen MR) is 147 cm³/mol. The molecule has 3 heterocycles. The van der Waals surface area contributed by atoms with Gasteiger partial charge in [-0.25, -0.2) is 13.4 Å². The van der Waals surface area contributed by atoms with Crippen LogP contribution in [-0.2, 0) is 21.2 Å². The van der Waals surface area contributed by atoms with Gasteiger partial charge in [-0.05, 0) is 67.8 Å². The molecule has 12 heteroatoms. The van der Waals surface area contributed by atoms with Gasteiger partial charge in [0.2, 0.25) is 11.0 Å². The molecule has 1 amide bonds. The molecule has 0 radical (unpaired) electrons. The third kappa shape index (κ3) is 5.14. The minimum Gasteiger partial charge on any atom is -0.368 e. The van der Waals surface area contributed by atoms with Gasteiger partial charge in [-0.15, -0.1) is 0 Å². The Labute approximate surface area is 222 Å². The minimum atomic E-state index is -3.72. The Balaban J connectivity index is 0.00000200. The topological polar surface area (TPSA) is 98.7 Å². The first kappa shape index (κ1) is 24.8. The predicted octanol–water partition coefficient (Wildman–Crippen LogP) is 3.97. The Bertz CT molecular complexity index is 1340. The van der Waals surface area contributed by atoms with Crippen LogP contribution in [0.3, 0.4) is 0 Å². The van der Waals surface area contributed by atoms with Gasteiger partial charge in [0.05, 0.1) is 4.90 Å². The van der Waals surface area contributed by atoms with Crippen LogP contribution in [-0.4, -0.2) is 67.3 Å². The lowest BCUT2D eigenvalue weighted by Crippen LogP contribution is -2.55. The highest BCUT2D eigenvalue weighted by Crippen LogP contribution is 2.31. The Morgan fingerprint density at radius 2 is 1.86 bits per heavy atom. The van der Waals surface area contributed by atoms with E-state index in [1.807, 2.05) is 30.0 Å². The number of piperazine rings is 1. The molecule has 0 saturated carbocycles. The number of carbonyl (C=O) groups excluding carboxylic acids is 1. The highest BCUT2D eigenvalue weighted by Gasteiger charge is 2.31. The normalized spacial score (nSPS) is 17.0. The Morgan fingerprint density at radius 3 is 2.56 bits per heavy atom. The summed E-state index contributed by atoms with van der Waals surface area (Å²) in [5.41, 5.74) is 3.22. The molecule has 2 aromatic carbocycles. The van der Waals surface area contributed by atoms with Crippen molar-refractivity contribution >= 4 is 55.6 Å². The van der Waals surface area contributed by atoms with Crippen LogP contribution >= 0.6 is 23.1 Å². The Kier molecular flexibility index (Phi) is 7.05. The van der Waals surface area contributed by atoms with Crippen molar-refractivity contribution in [1.82, 2.24) is 14.3 Å². The summed E-state index contributed by atoms with van der Waals surface area (Å²) in [4.78, 5) is 23.7. The van der Waals surface area contributed by atoms with Crippen LogP contribution in [0.5, 0.6) is 0 Å². The summed E-state index contributed by atoms with van der Waals surface area (Å²) < 4.78 is 31.3. The van der Waals surface area contributed by atoms with E-state index in [0.717, 1.165) is 47.3 Å². The van der Waals surface area contributed by atoms with Crippen LogP contribution in [0.1, 0.15) is 21.8 Å². The second-order valence-corrected chi connectivity index (χ2v) is 11.8. The summed E-state index contributed by atoms with van der Waals surface area (Å²) in [5, 5.41) is 0.954. The highest BCUT2D eigenvalue weighted by molar-refractivity contribution is 7.93. The first-order valence-electron chi connectivity index (χ1n) is 11.8. The van der Waals surface area contributed by atoms with Crippen LogP contribution in [0.4, 0.5) is 16.5 Å². The van der Waals surface area contributed by atoms with Crippen molar-refractivity contribution in [2.24, 2.45) is 0 Å². The molecule has 1 atom stereocenters. The van der Waals surface area contributed by atoms with Gasteiger partial charge in [0.25, 0.3) is 10.0 Å². The van der Waals surface area contributed by atoms with Gasteiger partial charge in [-0.1, -0.05) is 11.6 Å². The maximum atomic E-state index is 13.4. The number of sulfonamides is 1. The first-order chi connectivity index (χ1) is 17.3. The summed E-state index contributed by atoms with van der Waals surface area (Å²) in [6.07, 6.45) is 3.28. The zero-order valence-electron chi connectivity index (χ0n) is 19.8. The molecule has 3 aromatic rings. The second kappa shape index (κ2) is 10.2. The Morgan fingerprint density at radius 1 is 1.11 bits per heavy atom. The smallest absolute Gasteiger partial charge is 0.263 e. The van der Waals surface area contributed by atoms with Gasteiger partial charge in [0.1, 0.15) is 12.4 Å². The van der Waals surface area contributed by atoms with Crippen molar-refractivity contribution in [2.45, 2.75) is 30.7 Å². The van der Waals surface area contributed by atoms with Gasteiger partial charge in [0, 0.05) is 63.5 Å². The van der Waals surface area contributed by atoms with Crippen molar-refractivity contribution in [1.29, 1.82) is 0 Å². The van der Waals surface area contributed by atoms with Gasteiger partial charge < -0.3 is 14.7 Å². The SMILES string of the molecule is C[C@@H](C(=O)N1CCN(c2ccc(S(=O)(=O)Nc3ncns3)cc2)CC1)N1CCCc2cc(Cl)ccc21.[HH].[HH]. The number of nitrogens with zero attached hydrogens (tertiary/aromatic N) is 5. The molecule has 2 aliphatic rings. The number of hydrogen-bond acceptors (Lipinski definition) is 8. The van der Waals surface area contributed by atoms with E-state index in [4.69, 9.17) is 11.6 Å². The van der Waals surface area contributed by atoms with Crippen molar-refractivity contribution < 1.29 is 16.1 Å². The summed E-state index contributed by atoms with van der Waals surface area (Å²) in [7, 11) is -3.72. The number of halogens is 1. The third-order valence-electron chi connectivity index (χ3n) is 6.71. The zero-order valence-corrected chi connectivity index (χ0v) is 22.2.